The van der Waals surface area contributed by atoms with Gasteiger partial charge in [0.15, 0.2) is 5.78 Å². The molecule has 34 heavy (non-hydrogen) atoms. The lowest BCUT2D eigenvalue weighted by molar-refractivity contribution is -0.137. The van der Waals surface area contributed by atoms with E-state index in [2.05, 4.69) is 37.3 Å². The first-order valence-electron chi connectivity index (χ1n) is 11.9. The fourth-order valence-corrected chi connectivity index (χ4v) is 5.20. The Labute approximate surface area is 213 Å². The number of hydrogen-bond donors (Lipinski definition) is 0. The molecule has 0 saturated carbocycles. The minimum absolute atomic E-state index is 0.188. The largest absolute Gasteiger partial charge is 0.416 e. The van der Waals surface area contributed by atoms with Crippen LogP contribution in [0.3, 0.4) is 0 Å². The average Bonchev–Trinajstić information content (AvgIpc) is 2.84. The van der Waals surface area contributed by atoms with Crippen LogP contribution in [0.4, 0.5) is 18.9 Å². The van der Waals surface area contributed by atoms with E-state index in [9.17, 15) is 18.0 Å². The molecule has 2 aliphatic heterocycles. The lowest BCUT2D eigenvalue weighted by Gasteiger charge is -2.37. The molecule has 0 aromatic heterocycles. The lowest BCUT2D eigenvalue weighted by atomic mass is 9.93. The van der Waals surface area contributed by atoms with Crippen molar-refractivity contribution in [3.63, 3.8) is 0 Å². The number of ketones is 1. The maximum Gasteiger partial charge on any atom is 0.416 e. The zero-order valence-corrected chi connectivity index (χ0v) is 21.4. The van der Waals surface area contributed by atoms with Gasteiger partial charge in [-0.3, -0.25) is 14.6 Å². The van der Waals surface area contributed by atoms with E-state index in [1.165, 1.54) is 12.1 Å². The van der Waals surface area contributed by atoms with Gasteiger partial charge in [-0.05, 0) is 97.7 Å². The number of piperidine rings is 1. The molecule has 2 saturated heterocycles. The highest BCUT2D eigenvalue weighted by molar-refractivity contribution is 14.1. The van der Waals surface area contributed by atoms with Gasteiger partial charge in [0.2, 0.25) is 0 Å². The van der Waals surface area contributed by atoms with Crippen LogP contribution in [0.5, 0.6) is 0 Å². The van der Waals surface area contributed by atoms with Crippen molar-refractivity contribution in [2.75, 3.05) is 57.3 Å². The van der Waals surface area contributed by atoms with Gasteiger partial charge in [0.25, 0.3) is 0 Å². The molecule has 0 spiro atoms. The number of Topliss-reactive ketones (excluding diaryl/α,β-unsaturated/α-hetero) is 1. The minimum Gasteiger partial charge on any atom is -0.369 e. The Kier molecular flexibility index (Phi) is 8.52. The summed E-state index contributed by atoms with van der Waals surface area (Å²) in [6.07, 6.45) is -0.933. The molecule has 8 heteroatoms. The molecule has 2 aromatic carbocycles. The van der Waals surface area contributed by atoms with E-state index in [0.29, 0.717) is 18.2 Å². The summed E-state index contributed by atoms with van der Waals surface area (Å²) in [6, 6.07) is 13.4. The fraction of sp³-hybridized carbons (Fsp3) is 0.500. The molecule has 0 bridgehead atoms. The SMILES string of the molecule is O=C(CN1CCC(CCN2CCN(c3cccc(C(F)(F)F)c3)CC2)CC1)c1ccc(I)cc1. The van der Waals surface area contributed by atoms with Crippen molar-refractivity contribution < 1.29 is 18.0 Å². The highest BCUT2D eigenvalue weighted by atomic mass is 127. The van der Waals surface area contributed by atoms with E-state index in [-0.39, 0.29) is 5.78 Å². The number of halogens is 4. The highest BCUT2D eigenvalue weighted by Gasteiger charge is 2.31. The number of hydrogen-bond acceptors (Lipinski definition) is 4. The summed E-state index contributed by atoms with van der Waals surface area (Å²) in [5, 5.41) is 0. The quantitative estimate of drug-likeness (QED) is 0.321. The van der Waals surface area contributed by atoms with Crippen LogP contribution >= 0.6 is 22.6 Å². The Morgan fingerprint density at radius 3 is 2.24 bits per heavy atom. The number of likely N-dealkylation sites (tertiary alicyclic amines) is 1. The summed E-state index contributed by atoms with van der Waals surface area (Å²) >= 11 is 2.24. The number of rotatable bonds is 7. The van der Waals surface area contributed by atoms with Crippen LogP contribution in [0.15, 0.2) is 48.5 Å². The van der Waals surface area contributed by atoms with Crippen LogP contribution in [0.2, 0.25) is 0 Å². The molecule has 0 unspecified atom stereocenters. The van der Waals surface area contributed by atoms with Crippen LogP contribution in [0, 0.1) is 9.49 Å². The van der Waals surface area contributed by atoms with E-state index in [1.54, 1.807) is 6.07 Å². The fourth-order valence-electron chi connectivity index (χ4n) is 4.84. The van der Waals surface area contributed by atoms with Crippen LogP contribution < -0.4 is 4.90 Å². The summed E-state index contributed by atoms with van der Waals surface area (Å²) < 4.78 is 40.1. The molecule has 2 heterocycles. The van der Waals surface area contributed by atoms with E-state index < -0.39 is 11.7 Å². The van der Waals surface area contributed by atoms with Crippen molar-refractivity contribution >= 4 is 34.1 Å². The van der Waals surface area contributed by atoms with E-state index in [4.69, 9.17) is 0 Å². The zero-order valence-electron chi connectivity index (χ0n) is 19.2. The van der Waals surface area contributed by atoms with Gasteiger partial charge in [0.1, 0.15) is 0 Å². The monoisotopic (exact) mass is 585 g/mol. The first kappa shape index (κ1) is 25.4. The molecule has 2 fully saturated rings. The van der Waals surface area contributed by atoms with Gasteiger partial charge in [0.05, 0.1) is 12.1 Å². The van der Waals surface area contributed by atoms with Crippen LogP contribution in [-0.2, 0) is 6.18 Å². The van der Waals surface area contributed by atoms with E-state index in [0.717, 1.165) is 80.3 Å². The van der Waals surface area contributed by atoms with E-state index in [1.807, 2.05) is 24.3 Å². The third kappa shape index (κ3) is 6.95. The first-order valence-corrected chi connectivity index (χ1v) is 13.0. The van der Waals surface area contributed by atoms with Gasteiger partial charge in [-0.2, -0.15) is 13.2 Å². The number of nitrogens with zero attached hydrogens (tertiary/aromatic N) is 3. The normalized spacial score (nSPS) is 18.9. The standard InChI is InChI=1S/C26H31F3IN3O/c27-26(28,29)22-2-1-3-24(18-22)33-16-14-31(15-17-33)11-8-20-9-12-32(13-10-20)19-25(34)21-4-6-23(30)7-5-21/h1-7,18,20H,8-17,19H2. The molecule has 184 valence electrons. The molecule has 0 N–H and O–H groups in total. The molecule has 2 aromatic rings. The second-order valence-corrected chi connectivity index (χ2v) is 10.6. The Morgan fingerprint density at radius 1 is 0.912 bits per heavy atom. The van der Waals surface area contributed by atoms with Crippen molar-refractivity contribution in [1.82, 2.24) is 9.80 Å². The smallest absolute Gasteiger partial charge is 0.369 e. The summed E-state index contributed by atoms with van der Waals surface area (Å²) in [7, 11) is 0. The number of anilines is 1. The van der Waals surface area contributed by atoms with Crippen molar-refractivity contribution in [2.45, 2.75) is 25.4 Å². The number of piperazine rings is 1. The van der Waals surface area contributed by atoms with Crippen molar-refractivity contribution in [3.8, 4) is 0 Å². The van der Waals surface area contributed by atoms with E-state index >= 15 is 0 Å². The predicted molar refractivity (Wildman–Crippen MR) is 137 cm³/mol. The molecule has 2 aliphatic rings. The molecular formula is C26H31F3IN3O. The third-order valence-corrected chi connectivity index (χ3v) is 7.72. The number of carbonyl (C=O) groups excluding carboxylic acids is 1. The number of carbonyl (C=O) groups is 1. The minimum atomic E-state index is -4.30. The summed E-state index contributed by atoms with van der Waals surface area (Å²) in [4.78, 5) is 19.3. The molecule has 0 amide bonds. The van der Waals surface area contributed by atoms with Crippen molar-refractivity contribution in [2.24, 2.45) is 5.92 Å². The van der Waals surface area contributed by atoms with Crippen LogP contribution in [-0.4, -0.2) is 67.9 Å². The zero-order chi connectivity index (χ0) is 24.1. The molecule has 0 radical (unpaired) electrons. The maximum absolute atomic E-state index is 13.0. The number of benzene rings is 2. The molecule has 4 nitrogen and oxygen atoms in total. The van der Waals surface area contributed by atoms with Crippen molar-refractivity contribution in [3.05, 3.63) is 63.2 Å². The molecule has 0 aliphatic carbocycles. The van der Waals surface area contributed by atoms with Gasteiger partial charge in [-0.1, -0.05) is 18.2 Å². The Hall–Kier alpha value is -1.65. The Morgan fingerprint density at radius 2 is 1.59 bits per heavy atom. The van der Waals surface area contributed by atoms with Crippen LogP contribution in [0.1, 0.15) is 35.2 Å². The summed E-state index contributed by atoms with van der Waals surface area (Å²) in [6.45, 7) is 6.70. The highest BCUT2D eigenvalue weighted by Crippen LogP contribution is 2.32. The second-order valence-electron chi connectivity index (χ2n) is 9.32. The Bertz CT molecular complexity index is 951. The van der Waals surface area contributed by atoms with Gasteiger partial charge < -0.3 is 4.90 Å². The maximum atomic E-state index is 13.0. The van der Waals surface area contributed by atoms with Gasteiger partial charge in [-0.15, -0.1) is 0 Å². The van der Waals surface area contributed by atoms with Crippen molar-refractivity contribution in [1.29, 1.82) is 0 Å². The third-order valence-electron chi connectivity index (χ3n) is 7.01. The molecular weight excluding hydrogens is 554 g/mol. The van der Waals surface area contributed by atoms with Crippen LogP contribution in [0.25, 0.3) is 0 Å². The topological polar surface area (TPSA) is 26.8 Å². The summed E-state index contributed by atoms with van der Waals surface area (Å²) in [5.41, 5.74) is 0.854. The lowest BCUT2D eigenvalue weighted by Crippen LogP contribution is -2.47. The number of alkyl halides is 3. The van der Waals surface area contributed by atoms with Gasteiger partial charge >= 0.3 is 6.18 Å². The molecule has 4 rings (SSSR count). The Balaban J connectivity index is 1.16. The second kappa shape index (κ2) is 11.4. The first-order chi connectivity index (χ1) is 16.3. The van der Waals surface area contributed by atoms with Gasteiger partial charge in [0, 0.05) is 41.0 Å². The average molecular weight is 585 g/mol. The van der Waals surface area contributed by atoms with Gasteiger partial charge in [-0.25, -0.2) is 0 Å². The summed E-state index contributed by atoms with van der Waals surface area (Å²) in [5.74, 6) is 0.861. The molecule has 0 atom stereocenters. The predicted octanol–water partition coefficient (Wildman–Crippen LogP) is 5.42.